The summed E-state index contributed by atoms with van der Waals surface area (Å²) in [5, 5.41) is 14.2. The van der Waals surface area contributed by atoms with Crippen LogP contribution in [-0.2, 0) is 9.59 Å². The van der Waals surface area contributed by atoms with Crippen LogP contribution >= 0.6 is 0 Å². The molecule has 1 unspecified atom stereocenters. The van der Waals surface area contributed by atoms with Crippen LogP contribution in [-0.4, -0.2) is 40.4 Å². The van der Waals surface area contributed by atoms with E-state index in [0.29, 0.717) is 17.1 Å². The van der Waals surface area contributed by atoms with Gasteiger partial charge in [0.15, 0.2) is 5.96 Å². The molecule has 0 fully saturated rings. The fourth-order valence-corrected chi connectivity index (χ4v) is 2.54. The molecule has 0 saturated carbocycles. The van der Waals surface area contributed by atoms with Crippen LogP contribution in [0, 0.1) is 6.92 Å². The number of amides is 2. The van der Waals surface area contributed by atoms with E-state index < -0.39 is 23.8 Å². The molecule has 7 N–H and O–H groups in total. The molecule has 1 aromatic carbocycles. The second kappa shape index (κ2) is 9.83. The first-order valence-corrected chi connectivity index (χ1v) is 8.67. The minimum atomic E-state index is -1.08. The summed E-state index contributed by atoms with van der Waals surface area (Å²) in [4.78, 5) is 43.7. The largest absolute Gasteiger partial charge is 0.481 e. The van der Waals surface area contributed by atoms with Gasteiger partial charge < -0.3 is 27.2 Å². The summed E-state index contributed by atoms with van der Waals surface area (Å²) in [7, 11) is 0. The Kier molecular flexibility index (Phi) is 7.24. The van der Waals surface area contributed by atoms with Crippen molar-refractivity contribution in [2.45, 2.75) is 19.4 Å². The topological polar surface area (TPSA) is 173 Å². The zero-order valence-electron chi connectivity index (χ0n) is 15.8. The highest BCUT2D eigenvalue weighted by Gasteiger charge is 2.20. The number of nitrogens with one attached hydrogen (secondary N) is 2. The normalized spacial score (nSPS) is 11.2. The number of pyridine rings is 1. The summed E-state index contributed by atoms with van der Waals surface area (Å²) in [6.07, 6.45) is -0.337. The molecule has 10 nitrogen and oxygen atoms in total. The Morgan fingerprint density at radius 1 is 1.17 bits per heavy atom. The van der Waals surface area contributed by atoms with Gasteiger partial charge in [0.2, 0.25) is 5.91 Å². The second-order valence-corrected chi connectivity index (χ2v) is 6.19. The molecule has 10 heteroatoms. The van der Waals surface area contributed by atoms with Crippen molar-refractivity contribution in [2.24, 2.45) is 16.5 Å². The summed E-state index contributed by atoms with van der Waals surface area (Å²) in [5.74, 6) is -2.28. The molecule has 1 atom stereocenters. The average molecular weight is 398 g/mol. The smallest absolute Gasteiger partial charge is 0.305 e. The summed E-state index contributed by atoms with van der Waals surface area (Å²) in [6, 6.07) is 10.5. The van der Waals surface area contributed by atoms with Crippen LogP contribution in [0.5, 0.6) is 0 Å². The summed E-state index contributed by atoms with van der Waals surface area (Å²) < 4.78 is 0. The molecular weight excluding hydrogens is 376 g/mol. The minimum absolute atomic E-state index is 0.142. The van der Waals surface area contributed by atoms with Gasteiger partial charge in [0.25, 0.3) is 5.91 Å². The Balaban J connectivity index is 2.00. The SMILES string of the molecule is Cc1cccc(C(CC(=O)O)NC(=O)CNC(=O)c2cccc(N=C(N)N)c2)n1. The number of aromatic nitrogens is 1. The van der Waals surface area contributed by atoms with E-state index in [1.54, 1.807) is 43.3 Å². The molecule has 29 heavy (non-hydrogen) atoms. The zero-order valence-corrected chi connectivity index (χ0v) is 15.8. The van der Waals surface area contributed by atoms with Gasteiger partial charge in [0.1, 0.15) is 0 Å². The van der Waals surface area contributed by atoms with Crippen LogP contribution in [0.15, 0.2) is 47.5 Å². The monoisotopic (exact) mass is 398 g/mol. The van der Waals surface area contributed by atoms with Crippen molar-refractivity contribution in [1.29, 1.82) is 0 Å². The number of guanidine groups is 1. The standard InChI is InChI=1S/C19H22N6O4/c1-11-4-2-7-14(23-11)15(9-17(27)28)25-16(26)10-22-18(29)12-5-3-6-13(8-12)24-19(20)21/h2-8,15H,9-10H2,1H3,(H,22,29)(H,25,26)(H,27,28)(H4,20,21,24). The highest BCUT2D eigenvalue weighted by molar-refractivity contribution is 5.97. The Bertz CT molecular complexity index is 940. The van der Waals surface area contributed by atoms with Crippen LogP contribution in [0.3, 0.4) is 0 Å². The lowest BCUT2D eigenvalue weighted by Crippen LogP contribution is -2.39. The number of hydrogen-bond donors (Lipinski definition) is 5. The van der Waals surface area contributed by atoms with Crippen molar-refractivity contribution in [2.75, 3.05) is 6.54 Å². The van der Waals surface area contributed by atoms with Gasteiger partial charge in [-0.15, -0.1) is 0 Å². The number of carboxylic acid groups (broad SMARTS) is 1. The lowest BCUT2D eigenvalue weighted by molar-refractivity contribution is -0.137. The van der Waals surface area contributed by atoms with Gasteiger partial charge in [-0.1, -0.05) is 12.1 Å². The highest BCUT2D eigenvalue weighted by Crippen LogP contribution is 2.15. The third-order valence-corrected chi connectivity index (χ3v) is 3.76. The number of rotatable bonds is 8. The maximum atomic E-state index is 12.3. The molecule has 0 aliphatic heterocycles. The number of nitrogens with zero attached hydrogens (tertiary/aromatic N) is 2. The third-order valence-electron chi connectivity index (χ3n) is 3.76. The van der Waals surface area contributed by atoms with Crippen LogP contribution in [0.1, 0.15) is 34.2 Å². The number of nitrogens with two attached hydrogens (primary N) is 2. The fourth-order valence-electron chi connectivity index (χ4n) is 2.54. The summed E-state index contributed by atoms with van der Waals surface area (Å²) in [6.45, 7) is 1.42. The highest BCUT2D eigenvalue weighted by atomic mass is 16.4. The van der Waals surface area contributed by atoms with Gasteiger partial charge >= 0.3 is 5.97 Å². The first kappa shape index (κ1) is 21.4. The first-order chi connectivity index (χ1) is 13.7. The second-order valence-electron chi connectivity index (χ2n) is 6.19. The molecule has 0 aliphatic carbocycles. The van der Waals surface area contributed by atoms with E-state index in [1.807, 2.05) is 0 Å². The summed E-state index contributed by atoms with van der Waals surface area (Å²) in [5.41, 5.74) is 12.4. The van der Waals surface area contributed by atoms with Crippen molar-refractivity contribution in [3.05, 3.63) is 59.4 Å². The van der Waals surface area contributed by atoms with Crippen LogP contribution in [0.2, 0.25) is 0 Å². The lowest BCUT2D eigenvalue weighted by Gasteiger charge is -2.17. The van der Waals surface area contributed by atoms with Gasteiger partial charge in [-0.2, -0.15) is 0 Å². The predicted molar refractivity (Wildman–Crippen MR) is 106 cm³/mol. The van der Waals surface area contributed by atoms with E-state index in [-0.39, 0.29) is 24.5 Å². The zero-order chi connectivity index (χ0) is 21.4. The molecule has 0 radical (unpaired) electrons. The van der Waals surface area contributed by atoms with Crippen molar-refractivity contribution in [1.82, 2.24) is 15.6 Å². The third kappa shape index (κ3) is 6.94. The molecule has 0 saturated heterocycles. The Morgan fingerprint density at radius 2 is 1.90 bits per heavy atom. The van der Waals surface area contributed by atoms with Crippen LogP contribution < -0.4 is 22.1 Å². The van der Waals surface area contributed by atoms with E-state index in [0.717, 1.165) is 0 Å². The van der Waals surface area contributed by atoms with Gasteiger partial charge in [0, 0.05) is 11.3 Å². The van der Waals surface area contributed by atoms with E-state index in [4.69, 9.17) is 16.6 Å². The lowest BCUT2D eigenvalue weighted by atomic mass is 10.1. The number of carbonyl (C=O) groups is 3. The molecule has 0 spiro atoms. The van der Waals surface area contributed by atoms with Gasteiger partial charge in [-0.05, 0) is 37.3 Å². The van der Waals surface area contributed by atoms with Gasteiger partial charge in [-0.25, -0.2) is 4.99 Å². The maximum absolute atomic E-state index is 12.3. The van der Waals surface area contributed by atoms with Gasteiger partial charge in [-0.3, -0.25) is 19.4 Å². The van der Waals surface area contributed by atoms with Crippen LogP contribution in [0.25, 0.3) is 0 Å². The van der Waals surface area contributed by atoms with Crippen molar-refractivity contribution >= 4 is 29.4 Å². The molecule has 2 rings (SSSR count). The number of aryl methyl sites for hydroxylation is 1. The average Bonchev–Trinajstić information content (AvgIpc) is 2.65. The van der Waals surface area contributed by atoms with Crippen LogP contribution in [0.4, 0.5) is 5.69 Å². The minimum Gasteiger partial charge on any atom is -0.481 e. The number of aliphatic imine (C=N–C) groups is 1. The predicted octanol–water partition coefficient (Wildman–Crippen LogP) is 0.357. The molecule has 2 amide bonds. The maximum Gasteiger partial charge on any atom is 0.305 e. The number of aliphatic carboxylic acids is 1. The molecular formula is C19H22N6O4. The Morgan fingerprint density at radius 3 is 2.55 bits per heavy atom. The van der Waals surface area contributed by atoms with E-state index in [9.17, 15) is 14.4 Å². The van der Waals surface area contributed by atoms with E-state index in [2.05, 4.69) is 20.6 Å². The number of benzene rings is 1. The quantitative estimate of drug-likeness (QED) is 0.315. The Labute approximate surface area is 167 Å². The van der Waals surface area contributed by atoms with Crippen molar-refractivity contribution in [3.8, 4) is 0 Å². The molecule has 2 aromatic rings. The molecule has 152 valence electrons. The number of hydrogen-bond acceptors (Lipinski definition) is 5. The summed E-state index contributed by atoms with van der Waals surface area (Å²) >= 11 is 0. The van der Waals surface area contributed by atoms with E-state index >= 15 is 0 Å². The molecule has 1 heterocycles. The van der Waals surface area contributed by atoms with E-state index in [1.165, 1.54) is 6.07 Å². The van der Waals surface area contributed by atoms with Gasteiger partial charge in [0.05, 0.1) is 30.4 Å². The molecule has 1 aromatic heterocycles. The fraction of sp³-hybridized carbons (Fsp3) is 0.211. The number of carbonyl (C=O) groups excluding carboxylic acids is 2. The Hall–Kier alpha value is -3.95. The molecule has 0 aliphatic rings. The van der Waals surface area contributed by atoms with Crippen molar-refractivity contribution < 1.29 is 19.5 Å². The van der Waals surface area contributed by atoms with Crippen molar-refractivity contribution in [3.63, 3.8) is 0 Å². The number of carboxylic acids is 1. The first-order valence-electron chi connectivity index (χ1n) is 8.67. The molecule has 0 bridgehead atoms.